The van der Waals surface area contributed by atoms with E-state index in [4.69, 9.17) is 5.41 Å². The van der Waals surface area contributed by atoms with E-state index in [1.807, 2.05) is 36.4 Å². The monoisotopic (exact) mass is 227 g/mol. The number of hydrogen-bond donors (Lipinski definition) is 3. The van der Waals surface area contributed by atoms with Crippen LogP contribution in [0.5, 0.6) is 0 Å². The lowest BCUT2D eigenvalue weighted by molar-refractivity contribution is 0.311. The van der Waals surface area contributed by atoms with Crippen molar-refractivity contribution < 1.29 is 5.21 Å². The minimum absolute atomic E-state index is 0.0950. The van der Waals surface area contributed by atoms with Crippen LogP contribution in [0.2, 0.25) is 0 Å². The van der Waals surface area contributed by atoms with Crippen LogP contribution < -0.4 is 10.4 Å². The molecule has 2 aromatic carbocycles. The zero-order valence-electron chi connectivity index (χ0n) is 9.17. The molecule has 86 valence electrons. The minimum Gasteiger partial charge on any atom is -0.324 e. The number of para-hydroxylation sites is 2. The van der Waals surface area contributed by atoms with E-state index >= 15 is 0 Å². The van der Waals surface area contributed by atoms with Crippen molar-refractivity contribution in [3.05, 3.63) is 60.7 Å². The summed E-state index contributed by atoms with van der Waals surface area (Å²) in [5.74, 6) is -0.0950. The van der Waals surface area contributed by atoms with Gasteiger partial charge in [-0.25, -0.2) is 0 Å². The van der Waals surface area contributed by atoms with Gasteiger partial charge in [-0.2, -0.15) is 5.06 Å². The van der Waals surface area contributed by atoms with Gasteiger partial charge in [0.2, 0.25) is 5.96 Å². The molecule has 0 aromatic heterocycles. The molecule has 0 saturated carbocycles. The number of nitrogens with zero attached hydrogens (tertiary/aromatic N) is 1. The fourth-order valence-corrected chi connectivity index (χ4v) is 1.41. The predicted molar refractivity (Wildman–Crippen MR) is 68.5 cm³/mol. The maximum Gasteiger partial charge on any atom is 0.224 e. The summed E-state index contributed by atoms with van der Waals surface area (Å²) in [5.41, 5.74) is 1.30. The lowest BCUT2D eigenvalue weighted by Crippen LogP contribution is -2.32. The molecule has 0 unspecified atom stereocenters. The Bertz CT molecular complexity index is 485. The van der Waals surface area contributed by atoms with Gasteiger partial charge in [0.15, 0.2) is 0 Å². The molecule has 0 aliphatic carbocycles. The molecule has 2 aromatic rings. The number of rotatable bonds is 2. The first-order valence-corrected chi connectivity index (χ1v) is 5.22. The predicted octanol–water partition coefficient (Wildman–Crippen LogP) is 2.93. The molecule has 4 nitrogen and oxygen atoms in total. The summed E-state index contributed by atoms with van der Waals surface area (Å²) in [6, 6.07) is 18.2. The molecule has 0 atom stereocenters. The molecule has 2 rings (SSSR count). The minimum atomic E-state index is -0.0950. The number of hydroxylamine groups is 1. The molecular formula is C13H13N3O. The summed E-state index contributed by atoms with van der Waals surface area (Å²) in [7, 11) is 0. The SMILES string of the molecule is N=C(Nc1ccccc1)N(O)c1ccccc1. The summed E-state index contributed by atoms with van der Waals surface area (Å²) in [6.45, 7) is 0. The fourth-order valence-electron chi connectivity index (χ4n) is 1.41. The molecule has 0 radical (unpaired) electrons. The smallest absolute Gasteiger partial charge is 0.224 e. The summed E-state index contributed by atoms with van der Waals surface area (Å²) >= 11 is 0. The summed E-state index contributed by atoms with van der Waals surface area (Å²) in [4.78, 5) is 0. The van der Waals surface area contributed by atoms with Crippen molar-refractivity contribution in [2.45, 2.75) is 0 Å². The normalized spacial score (nSPS) is 9.71. The van der Waals surface area contributed by atoms with E-state index in [0.717, 1.165) is 10.8 Å². The van der Waals surface area contributed by atoms with Gasteiger partial charge in [0, 0.05) is 5.69 Å². The lowest BCUT2D eigenvalue weighted by atomic mass is 10.3. The van der Waals surface area contributed by atoms with Crippen molar-refractivity contribution in [2.75, 3.05) is 10.4 Å². The average Bonchev–Trinajstić information content (AvgIpc) is 2.40. The topological polar surface area (TPSA) is 59.4 Å². The molecule has 0 aliphatic heterocycles. The van der Waals surface area contributed by atoms with E-state index in [-0.39, 0.29) is 5.96 Å². The maximum atomic E-state index is 9.80. The van der Waals surface area contributed by atoms with Crippen molar-refractivity contribution in [1.82, 2.24) is 0 Å². The number of guanidine groups is 1. The highest BCUT2D eigenvalue weighted by Crippen LogP contribution is 2.12. The average molecular weight is 227 g/mol. The molecule has 0 amide bonds. The first-order chi connectivity index (χ1) is 8.27. The Balaban J connectivity index is 2.06. The zero-order valence-corrected chi connectivity index (χ0v) is 9.17. The molecule has 0 spiro atoms. The Morgan fingerprint density at radius 3 is 2.06 bits per heavy atom. The Morgan fingerprint density at radius 1 is 0.941 bits per heavy atom. The van der Waals surface area contributed by atoms with Crippen molar-refractivity contribution in [1.29, 1.82) is 5.41 Å². The van der Waals surface area contributed by atoms with Crippen LogP contribution >= 0.6 is 0 Å². The first kappa shape index (κ1) is 11.2. The van der Waals surface area contributed by atoms with Crippen LogP contribution in [0.25, 0.3) is 0 Å². The van der Waals surface area contributed by atoms with Crippen LogP contribution in [0.3, 0.4) is 0 Å². The highest BCUT2D eigenvalue weighted by atomic mass is 16.5. The third-order valence-corrected chi connectivity index (χ3v) is 2.25. The van der Waals surface area contributed by atoms with Gasteiger partial charge < -0.3 is 5.32 Å². The molecule has 3 N–H and O–H groups in total. The van der Waals surface area contributed by atoms with Crippen LogP contribution in [0.15, 0.2) is 60.7 Å². The quantitative estimate of drug-likeness (QED) is 0.420. The van der Waals surface area contributed by atoms with Crippen LogP contribution in [0.4, 0.5) is 11.4 Å². The Morgan fingerprint density at radius 2 is 1.47 bits per heavy atom. The van der Waals surface area contributed by atoms with Gasteiger partial charge in [-0.1, -0.05) is 36.4 Å². The summed E-state index contributed by atoms with van der Waals surface area (Å²) in [6.07, 6.45) is 0. The number of nitrogens with one attached hydrogen (secondary N) is 2. The first-order valence-electron chi connectivity index (χ1n) is 5.22. The van der Waals surface area contributed by atoms with E-state index in [2.05, 4.69) is 5.32 Å². The van der Waals surface area contributed by atoms with Crippen molar-refractivity contribution in [3.63, 3.8) is 0 Å². The lowest BCUT2D eigenvalue weighted by Gasteiger charge is -2.18. The Kier molecular flexibility index (Phi) is 3.37. The van der Waals surface area contributed by atoms with Gasteiger partial charge in [-0.3, -0.25) is 10.6 Å². The highest BCUT2D eigenvalue weighted by Gasteiger charge is 2.08. The van der Waals surface area contributed by atoms with Crippen LogP contribution in [-0.2, 0) is 0 Å². The van der Waals surface area contributed by atoms with Crippen LogP contribution in [-0.4, -0.2) is 11.2 Å². The van der Waals surface area contributed by atoms with Gasteiger partial charge in [0.05, 0.1) is 5.69 Å². The van der Waals surface area contributed by atoms with Crippen molar-refractivity contribution >= 4 is 17.3 Å². The third kappa shape index (κ3) is 2.83. The maximum absolute atomic E-state index is 9.80. The van der Waals surface area contributed by atoms with Gasteiger partial charge in [0.1, 0.15) is 0 Å². The van der Waals surface area contributed by atoms with Crippen LogP contribution in [0.1, 0.15) is 0 Å². The molecular weight excluding hydrogens is 214 g/mol. The zero-order chi connectivity index (χ0) is 12.1. The van der Waals surface area contributed by atoms with Gasteiger partial charge in [-0.05, 0) is 24.3 Å². The molecule has 4 heteroatoms. The molecule has 0 heterocycles. The van der Waals surface area contributed by atoms with Crippen LogP contribution in [0, 0.1) is 5.41 Å². The second-order valence-electron chi connectivity index (χ2n) is 3.49. The second-order valence-corrected chi connectivity index (χ2v) is 3.49. The Labute approximate surface area is 99.6 Å². The molecule has 0 fully saturated rings. The number of anilines is 2. The van der Waals surface area contributed by atoms with E-state index in [9.17, 15) is 5.21 Å². The van der Waals surface area contributed by atoms with E-state index in [0.29, 0.717) is 5.69 Å². The second kappa shape index (κ2) is 5.14. The standard InChI is InChI=1S/C13H13N3O/c14-13(15-11-7-3-1-4-8-11)16(17)12-9-5-2-6-10-12/h1-10,17H,(H2,14,15). The molecule has 0 bridgehead atoms. The third-order valence-electron chi connectivity index (χ3n) is 2.25. The number of benzene rings is 2. The van der Waals surface area contributed by atoms with Crippen molar-refractivity contribution in [2.24, 2.45) is 0 Å². The van der Waals surface area contributed by atoms with E-state index < -0.39 is 0 Å². The Hall–Kier alpha value is -2.33. The largest absolute Gasteiger partial charge is 0.324 e. The van der Waals surface area contributed by atoms with E-state index in [1.165, 1.54) is 0 Å². The molecule has 0 aliphatic rings. The van der Waals surface area contributed by atoms with Gasteiger partial charge in [0.25, 0.3) is 0 Å². The summed E-state index contributed by atoms with van der Waals surface area (Å²) < 4.78 is 0. The van der Waals surface area contributed by atoms with Gasteiger partial charge >= 0.3 is 0 Å². The van der Waals surface area contributed by atoms with Crippen molar-refractivity contribution in [3.8, 4) is 0 Å². The molecule has 17 heavy (non-hydrogen) atoms. The summed E-state index contributed by atoms with van der Waals surface area (Å²) in [5, 5.41) is 21.1. The van der Waals surface area contributed by atoms with E-state index in [1.54, 1.807) is 24.3 Å². The van der Waals surface area contributed by atoms with Gasteiger partial charge in [-0.15, -0.1) is 0 Å². The highest BCUT2D eigenvalue weighted by molar-refractivity contribution is 6.01. The number of hydrogen-bond acceptors (Lipinski definition) is 2. The fraction of sp³-hybridized carbons (Fsp3) is 0. The molecule has 0 saturated heterocycles.